The molecule has 0 spiro atoms. The Hall–Kier alpha value is -1.95. The van der Waals surface area contributed by atoms with Crippen molar-refractivity contribution in [3.05, 3.63) is 70.8 Å². The number of rotatable bonds is 5. The van der Waals surface area contributed by atoms with Crippen molar-refractivity contribution in [3.8, 4) is 0 Å². The van der Waals surface area contributed by atoms with E-state index in [1.165, 1.54) is 19.1 Å². The minimum Gasteiger partial charge on any atom is -0.309 e. The summed E-state index contributed by atoms with van der Waals surface area (Å²) in [5.41, 5.74) is 0.0389. The summed E-state index contributed by atoms with van der Waals surface area (Å²) in [4.78, 5) is 0. The zero-order valence-corrected chi connectivity index (χ0v) is 13.2. The fourth-order valence-corrected chi connectivity index (χ4v) is 2.24. The van der Waals surface area contributed by atoms with Gasteiger partial charge in [0.2, 0.25) is 0 Å². The van der Waals surface area contributed by atoms with E-state index < -0.39 is 24.0 Å². The number of halogens is 5. The van der Waals surface area contributed by atoms with E-state index in [0.29, 0.717) is 0 Å². The lowest BCUT2D eigenvalue weighted by Gasteiger charge is -2.22. The lowest BCUT2D eigenvalue weighted by Crippen LogP contribution is -2.20. The molecule has 6 heteroatoms. The monoisotopic (exact) mass is 344 g/mol. The van der Waals surface area contributed by atoms with Gasteiger partial charge >= 0.3 is 12.3 Å². The number of benzene rings is 2. The second kappa shape index (κ2) is 6.89. The van der Waals surface area contributed by atoms with Gasteiger partial charge in [0.1, 0.15) is 0 Å². The van der Waals surface area contributed by atoms with E-state index in [-0.39, 0.29) is 11.1 Å². The molecule has 0 saturated carbocycles. The molecule has 0 saturated heterocycles. The number of ether oxygens (including phenoxy) is 1. The number of alkyl halides is 5. The summed E-state index contributed by atoms with van der Waals surface area (Å²) in [5, 5.41) is 0. The Morgan fingerprint density at radius 2 is 1.33 bits per heavy atom. The highest BCUT2D eigenvalue weighted by Gasteiger charge is 2.35. The van der Waals surface area contributed by atoms with Gasteiger partial charge in [0.25, 0.3) is 0 Å². The Bertz CT molecular complexity index is 659. The van der Waals surface area contributed by atoms with Gasteiger partial charge in [0.05, 0.1) is 17.2 Å². The van der Waals surface area contributed by atoms with Crippen LogP contribution in [0.15, 0.2) is 48.5 Å². The summed E-state index contributed by atoms with van der Waals surface area (Å²) < 4.78 is 70.8. The highest BCUT2D eigenvalue weighted by atomic mass is 19.4. The summed E-state index contributed by atoms with van der Waals surface area (Å²) in [7, 11) is 0. The molecule has 0 bridgehead atoms. The third-order valence-electron chi connectivity index (χ3n) is 3.73. The largest absolute Gasteiger partial charge is 0.416 e. The normalized spacial score (nSPS) is 13.8. The first-order valence-electron chi connectivity index (χ1n) is 7.45. The maximum Gasteiger partial charge on any atom is 0.416 e. The topological polar surface area (TPSA) is 9.23 Å². The van der Waals surface area contributed by atoms with E-state index in [1.54, 1.807) is 12.1 Å². The van der Waals surface area contributed by atoms with Crippen LogP contribution >= 0.6 is 0 Å². The van der Waals surface area contributed by atoms with Gasteiger partial charge < -0.3 is 4.74 Å². The molecule has 0 fully saturated rings. The predicted molar refractivity (Wildman–Crippen MR) is 80.7 cm³/mol. The fraction of sp³-hybridized carbons (Fsp3) is 0.333. The summed E-state index contributed by atoms with van der Waals surface area (Å²) >= 11 is 0. The molecule has 2 aromatic rings. The second-order valence-electron chi connectivity index (χ2n) is 5.45. The van der Waals surface area contributed by atoms with Gasteiger partial charge in [-0.3, -0.25) is 0 Å². The molecule has 2 rings (SSSR count). The highest BCUT2D eigenvalue weighted by molar-refractivity contribution is 5.27. The maximum absolute atomic E-state index is 14.2. The van der Waals surface area contributed by atoms with E-state index in [9.17, 15) is 22.0 Å². The van der Waals surface area contributed by atoms with Crippen LogP contribution in [-0.4, -0.2) is 0 Å². The average Bonchev–Trinajstić information content (AvgIpc) is 2.54. The van der Waals surface area contributed by atoms with Crippen molar-refractivity contribution in [3.63, 3.8) is 0 Å². The molecule has 0 aliphatic heterocycles. The van der Waals surface area contributed by atoms with Crippen LogP contribution in [0.3, 0.4) is 0 Å². The zero-order valence-electron chi connectivity index (χ0n) is 13.2. The standard InChI is InChI=1S/C18H17F5O/c1-3-13-4-8-16(9-5-13)18(22,23)24-12(2)14-6-10-15(11-7-14)17(19,20)21/h4-12H,3H2,1-2H3. The molecule has 0 amide bonds. The molecular formula is C18H17F5O. The maximum atomic E-state index is 14.2. The van der Waals surface area contributed by atoms with E-state index in [4.69, 9.17) is 4.74 Å². The predicted octanol–water partition coefficient (Wildman–Crippen LogP) is 6.09. The Kier molecular flexibility index (Phi) is 5.28. The Labute approximate surface area is 137 Å². The van der Waals surface area contributed by atoms with Gasteiger partial charge in [-0.25, -0.2) is 0 Å². The number of hydrogen-bond acceptors (Lipinski definition) is 1. The van der Waals surface area contributed by atoms with Crippen molar-refractivity contribution in [1.29, 1.82) is 0 Å². The molecule has 0 aliphatic rings. The van der Waals surface area contributed by atoms with Gasteiger partial charge in [-0.2, -0.15) is 22.0 Å². The van der Waals surface area contributed by atoms with Crippen molar-refractivity contribution in [2.45, 2.75) is 38.7 Å². The Morgan fingerprint density at radius 3 is 1.79 bits per heavy atom. The van der Waals surface area contributed by atoms with Crippen LogP contribution in [0, 0.1) is 0 Å². The molecule has 130 valence electrons. The molecule has 2 aromatic carbocycles. The fourth-order valence-electron chi connectivity index (χ4n) is 2.24. The Balaban J connectivity index is 2.13. The van der Waals surface area contributed by atoms with Crippen LogP contribution in [-0.2, 0) is 23.4 Å². The van der Waals surface area contributed by atoms with E-state index in [1.807, 2.05) is 6.92 Å². The van der Waals surface area contributed by atoms with Gasteiger partial charge in [-0.15, -0.1) is 0 Å². The molecule has 0 radical (unpaired) electrons. The molecule has 0 aliphatic carbocycles. The molecule has 0 heterocycles. The molecule has 0 aromatic heterocycles. The first-order valence-corrected chi connectivity index (χ1v) is 7.45. The van der Waals surface area contributed by atoms with Gasteiger partial charge in [-0.1, -0.05) is 43.3 Å². The van der Waals surface area contributed by atoms with Gasteiger partial charge in [0.15, 0.2) is 0 Å². The van der Waals surface area contributed by atoms with Gasteiger partial charge in [0, 0.05) is 0 Å². The van der Waals surface area contributed by atoms with Crippen LogP contribution in [0.1, 0.15) is 42.2 Å². The van der Waals surface area contributed by atoms with E-state index >= 15 is 0 Å². The van der Waals surface area contributed by atoms with Crippen LogP contribution in [0.2, 0.25) is 0 Å². The number of hydrogen-bond donors (Lipinski definition) is 0. The third-order valence-corrected chi connectivity index (χ3v) is 3.73. The van der Waals surface area contributed by atoms with Crippen LogP contribution in [0.25, 0.3) is 0 Å². The van der Waals surface area contributed by atoms with Crippen molar-refractivity contribution in [2.75, 3.05) is 0 Å². The minimum absolute atomic E-state index is 0.243. The first-order chi connectivity index (χ1) is 11.1. The summed E-state index contributed by atoms with van der Waals surface area (Å²) in [6.07, 6.45) is -8.33. The Morgan fingerprint density at radius 1 is 0.833 bits per heavy atom. The zero-order chi connectivity index (χ0) is 18.0. The summed E-state index contributed by atoms with van der Waals surface area (Å²) in [6.45, 7) is 3.28. The number of aryl methyl sites for hydroxylation is 1. The van der Waals surface area contributed by atoms with Crippen molar-refractivity contribution >= 4 is 0 Å². The highest BCUT2D eigenvalue weighted by Crippen LogP contribution is 2.36. The molecule has 0 N–H and O–H groups in total. The lowest BCUT2D eigenvalue weighted by atomic mass is 10.1. The quantitative estimate of drug-likeness (QED) is 0.596. The smallest absolute Gasteiger partial charge is 0.309 e. The molecular weight excluding hydrogens is 327 g/mol. The first kappa shape index (κ1) is 18.4. The second-order valence-corrected chi connectivity index (χ2v) is 5.45. The van der Waals surface area contributed by atoms with Crippen LogP contribution < -0.4 is 0 Å². The van der Waals surface area contributed by atoms with Crippen LogP contribution in [0.4, 0.5) is 22.0 Å². The molecule has 1 unspecified atom stereocenters. The van der Waals surface area contributed by atoms with Crippen molar-refractivity contribution in [2.24, 2.45) is 0 Å². The van der Waals surface area contributed by atoms with Crippen LogP contribution in [0.5, 0.6) is 0 Å². The minimum atomic E-state index is -4.46. The SMILES string of the molecule is CCc1ccc(C(F)(F)OC(C)c2ccc(C(F)(F)F)cc2)cc1. The third kappa shape index (κ3) is 4.32. The average molecular weight is 344 g/mol. The van der Waals surface area contributed by atoms with Crippen molar-refractivity contribution < 1.29 is 26.7 Å². The molecule has 1 nitrogen and oxygen atoms in total. The summed E-state index contributed by atoms with van der Waals surface area (Å²) in [6, 6.07) is 9.75. The van der Waals surface area contributed by atoms with E-state index in [2.05, 4.69) is 0 Å². The molecule has 1 atom stereocenters. The summed E-state index contributed by atoms with van der Waals surface area (Å²) in [5.74, 6) is 0. The molecule has 24 heavy (non-hydrogen) atoms. The van der Waals surface area contributed by atoms with E-state index in [0.717, 1.165) is 36.2 Å². The van der Waals surface area contributed by atoms with Crippen molar-refractivity contribution in [1.82, 2.24) is 0 Å². The lowest BCUT2D eigenvalue weighted by molar-refractivity contribution is -0.272. The van der Waals surface area contributed by atoms with Gasteiger partial charge in [-0.05, 0) is 36.6 Å².